The molecular formula is C23H25NO7S. The van der Waals surface area contributed by atoms with Gasteiger partial charge >= 0.3 is 0 Å². The highest BCUT2D eigenvalue weighted by Crippen LogP contribution is 2.24. The molecule has 170 valence electrons. The summed E-state index contributed by atoms with van der Waals surface area (Å²) in [5, 5.41) is 0. The van der Waals surface area contributed by atoms with Crippen molar-refractivity contribution in [3.05, 3.63) is 65.2 Å². The Balaban J connectivity index is 0.000000153. The second kappa shape index (κ2) is 9.50. The van der Waals surface area contributed by atoms with E-state index in [1.54, 1.807) is 48.5 Å². The van der Waals surface area contributed by atoms with Crippen LogP contribution in [-0.4, -0.2) is 63.7 Å². The van der Waals surface area contributed by atoms with Gasteiger partial charge in [0, 0.05) is 13.2 Å². The Hall–Kier alpha value is -2.59. The van der Waals surface area contributed by atoms with Gasteiger partial charge in [-0.3, -0.25) is 18.7 Å². The third-order valence-corrected chi connectivity index (χ3v) is 6.87. The third kappa shape index (κ3) is 4.91. The number of hydrogen-bond acceptors (Lipinski definition) is 7. The van der Waals surface area contributed by atoms with Gasteiger partial charge in [0.05, 0.1) is 41.4 Å². The van der Waals surface area contributed by atoms with Crippen LogP contribution in [0.2, 0.25) is 0 Å². The molecule has 0 N–H and O–H groups in total. The SMILES string of the molecule is Cc1ccc(S(=O)(=O)OCC2CCO2)cc1.O=C1c2ccccc2C(=O)N1CC1CCO1. The van der Waals surface area contributed by atoms with Gasteiger partial charge in [0.15, 0.2) is 0 Å². The number of hydrogen-bond donors (Lipinski definition) is 0. The summed E-state index contributed by atoms with van der Waals surface area (Å²) in [7, 11) is -3.63. The van der Waals surface area contributed by atoms with Crippen molar-refractivity contribution >= 4 is 21.9 Å². The first-order chi connectivity index (χ1) is 15.3. The Labute approximate surface area is 187 Å². The van der Waals surface area contributed by atoms with E-state index in [-0.39, 0.29) is 35.5 Å². The van der Waals surface area contributed by atoms with Crippen LogP contribution in [0.3, 0.4) is 0 Å². The Morgan fingerprint density at radius 1 is 0.906 bits per heavy atom. The van der Waals surface area contributed by atoms with Crippen molar-refractivity contribution in [2.24, 2.45) is 0 Å². The summed E-state index contributed by atoms with van der Waals surface area (Å²) in [6.45, 7) is 3.81. The zero-order valence-corrected chi connectivity index (χ0v) is 18.5. The standard InChI is InChI=1S/C12H11NO3.C11H14O4S/c14-11-9-3-1-2-4-10(9)12(15)13(11)7-8-5-6-16-8;1-9-2-4-11(5-3-9)16(12,13)15-8-10-6-7-14-10/h1-4,8H,5-7H2;2-5,10H,6-8H2,1H3. The fraction of sp³-hybridized carbons (Fsp3) is 0.391. The van der Waals surface area contributed by atoms with Gasteiger partial charge in [-0.25, -0.2) is 0 Å². The van der Waals surface area contributed by atoms with Gasteiger partial charge in [0.2, 0.25) is 0 Å². The molecular weight excluding hydrogens is 434 g/mol. The molecule has 8 nitrogen and oxygen atoms in total. The summed E-state index contributed by atoms with van der Waals surface area (Å²) < 4.78 is 38.7. The monoisotopic (exact) mass is 459 g/mol. The third-order valence-electron chi connectivity index (χ3n) is 5.57. The number of rotatable bonds is 6. The molecule has 5 rings (SSSR count). The van der Waals surface area contributed by atoms with E-state index in [0.29, 0.717) is 24.3 Å². The summed E-state index contributed by atoms with van der Waals surface area (Å²) in [6, 6.07) is 13.5. The molecule has 2 fully saturated rings. The van der Waals surface area contributed by atoms with Crippen LogP contribution in [0.25, 0.3) is 0 Å². The molecule has 2 atom stereocenters. The average Bonchev–Trinajstić information content (AvgIpc) is 2.95. The summed E-state index contributed by atoms with van der Waals surface area (Å²) >= 11 is 0. The van der Waals surface area contributed by atoms with Crippen molar-refractivity contribution < 1.29 is 31.7 Å². The number of aryl methyl sites for hydroxylation is 1. The average molecular weight is 460 g/mol. The topological polar surface area (TPSA) is 99.2 Å². The van der Waals surface area contributed by atoms with E-state index in [2.05, 4.69) is 0 Å². The van der Waals surface area contributed by atoms with Crippen molar-refractivity contribution in [1.29, 1.82) is 0 Å². The fourth-order valence-electron chi connectivity index (χ4n) is 3.39. The van der Waals surface area contributed by atoms with Crippen molar-refractivity contribution in [2.75, 3.05) is 26.4 Å². The number of amides is 2. The molecule has 0 spiro atoms. The van der Waals surface area contributed by atoms with Crippen molar-refractivity contribution in [3.63, 3.8) is 0 Å². The minimum Gasteiger partial charge on any atom is -0.376 e. The Kier molecular flexibility index (Phi) is 6.71. The quantitative estimate of drug-likeness (QED) is 0.484. The lowest BCUT2D eigenvalue weighted by Crippen LogP contribution is -2.42. The molecule has 2 saturated heterocycles. The molecule has 2 aromatic carbocycles. The van der Waals surface area contributed by atoms with E-state index in [1.165, 1.54) is 4.90 Å². The second-order valence-corrected chi connectivity index (χ2v) is 9.50. The maximum Gasteiger partial charge on any atom is 0.297 e. The van der Waals surface area contributed by atoms with Crippen LogP contribution >= 0.6 is 0 Å². The van der Waals surface area contributed by atoms with Gasteiger partial charge in [-0.2, -0.15) is 8.42 Å². The molecule has 0 saturated carbocycles. The zero-order chi connectivity index (χ0) is 22.7. The lowest BCUT2D eigenvalue weighted by Gasteiger charge is -2.29. The molecule has 2 amide bonds. The minimum atomic E-state index is -3.63. The maximum atomic E-state index is 11.9. The summed E-state index contributed by atoms with van der Waals surface area (Å²) in [4.78, 5) is 25.3. The maximum absolute atomic E-state index is 11.9. The largest absolute Gasteiger partial charge is 0.376 e. The molecule has 0 radical (unpaired) electrons. The highest BCUT2D eigenvalue weighted by Gasteiger charge is 2.37. The minimum absolute atomic E-state index is 0.0298. The molecule has 0 bridgehead atoms. The molecule has 2 aromatic rings. The number of imide groups is 1. The molecule has 3 heterocycles. The highest BCUT2D eigenvalue weighted by atomic mass is 32.2. The molecule has 0 aromatic heterocycles. The van der Waals surface area contributed by atoms with Gasteiger partial charge in [-0.05, 0) is 44.0 Å². The molecule has 2 unspecified atom stereocenters. The van der Waals surface area contributed by atoms with Crippen LogP contribution in [0.1, 0.15) is 39.1 Å². The summed E-state index contributed by atoms with van der Waals surface area (Å²) in [6.07, 6.45) is 1.75. The van der Waals surface area contributed by atoms with Crippen LogP contribution in [0.4, 0.5) is 0 Å². The predicted molar refractivity (Wildman–Crippen MR) is 115 cm³/mol. The van der Waals surface area contributed by atoms with Crippen molar-refractivity contribution in [1.82, 2.24) is 4.90 Å². The number of carbonyl (C=O) groups excluding carboxylic acids is 2. The van der Waals surface area contributed by atoms with Crippen molar-refractivity contribution in [3.8, 4) is 0 Å². The molecule has 32 heavy (non-hydrogen) atoms. The Bertz CT molecular complexity index is 1050. The van der Waals surface area contributed by atoms with E-state index in [4.69, 9.17) is 13.7 Å². The van der Waals surface area contributed by atoms with Gasteiger partial charge in [-0.15, -0.1) is 0 Å². The molecule has 0 aliphatic carbocycles. The van der Waals surface area contributed by atoms with E-state index in [9.17, 15) is 18.0 Å². The van der Waals surface area contributed by atoms with Crippen LogP contribution in [-0.2, 0) is 23.8 Å². The van der Waals surface area contributed by atoms with Gasteiger partial charge in [0.25, 0.3) is 21.9 Å². The molecule has 3 aliphatic rings. The highest BCUT2D eigenvalue weighted by molar-refractivity contribution is 7.86. The number of carbonyl (C=O) groups is 2. The smallest absolute Gasteiger partial charge is 0.297 e. The van der Waals surface area contributed by atoms with Gasteiger partial charge in [0.1, 0.15) is 0 Å². The summed E-state index contributed by atoms with van der Waals surface area (Å²) in [5.74, 6) is -0.396. The summed E-state index contributed by atoms with van der Waals surface area (Å²) in [5.41, 5.74) is 2.03. The number of benzene rings is 2. The predicted octanol–water partition coefficient (Wildman–Crippen LogP) is 2.56. The number of ether oxygens (including phenoxy) is 2. The lowest BCUT2D eigenvalue weighted by atomic mass is 10.1. The first-order valence-electron chi connectivity index (χ1n) is 10.5. The fourth-order valence-corrected chi connectivity index (χ4v) is 4.33. The van der Waals surface area contributed by atoms with Crippen LogP contribution in [0.5, 0.6) is 0 Å². The Morgan fingerprint density at radius 2 is 1.44 bits per heavy atom. The lowest BCUT2D eigenvalue weighted by molar-refractivity contribution is -0.0711. The number of fused-ring (bicyclic) bond motifs is 1. The Morgan fingerprint density at radius 3 is 1.91 bits per heavy atom. The molecule has 9 heteroatoms. The first kappa shape index (κ1) is 22.6. The first-order valence-corrected chi connectivity index (χ1v) is 11.9. The van der Waals surface area contributed by atoms with Crippen LogP contribution in [0, 0.1) is 6.92 Å². The van der Waals surface area contributed by atoms with Crippen molar-refractivity contribution in [2.45, 2.75) is 36.9 Å². The van der Waals surface area contributed by atoms with E-state index in [0.717, 1.165) is 25.0 Å². The molecule has 3 aliphatic heterocycles. The van der Waals surface area contributed by atoms with Gasteiger partial charge in [-0.1, -0.05) is 29.8 Å². The zero-order valence-electron chi connectivity index (χ0n) is 17.7. The van der Waals surface area contributed by atoms with Crippen LogP contribution in [0.15, 0.2) is 53.4 Å². The van der Waals surface area contributed by atoms with Crippen LogP contribution < -0.4 is 0 Å². The van der Waals surface area contributed by atoms with Gasteiger partial charge < -0.3 is 9.47 Å². The second-order valence-electron chi connectivity index (χ2n) is 7.88. The van der Waals surface area contributed by atoms with E-state index in [1.807, 2.05) is 6.92 Å². The number of nitrogens with zero attached hydrogens (tertiary/aromatic N) is 1. The normalized spacial score (nSPS) is 21.8. The van der Waals surface area contributed by atoms with E-state index < -0.39 is 10.1 Å². The van der Waals surface area contributed by atoms with E-state index >= 15 is 0 Å².